The minimum atomic E-state index is -0.126. The van der Waals surface area contributed by atoms with Gasteiger partial charge in [-0.2, -0.15) is 5.10 Å². The summed E-state index contributed by atoms with van der Waals surface area (Å²) < 4.78 is 1.76. The molecule has 5 nitrogen and oxygen atoms in total. The van der Waals surface area contributed by atoms with Gasteiger partial charge in [-0.15, -0.1) is 11.3 Å². The Hall–Kier alpha value is -2.73. The summed E-state index contributed by atoms with van der Waals surface area (Å²) in [6.45, 7) is 0.421. The van der Waals surface area contributed by atoms with Crippen molar-refractivity contribution in [1.29, 1.82) is 0 Å². The van der Waals surface area contributed by atoms with E-state index in [-0.39, 0.29) is 5.91 Å². The first-order valence-electron chi connectivity index (χ1n) is 7.16. The number of carbonyl (C=O) groups excluding carboxylic acids is 1. The van der Waals surface area contributed by atoms with Gasteiger partial charge in [0.1, 0.15) is 5.69 Å². The third-order valence-corrected chi connectivity index (χ3v) is 4.13. The van der Waals surface area contributed by atoms with Gasteiger partial charge in [0.15, 0.2) is 0 Å². The highest BCUT2D eigenvalue weighted by Crippen LogP contribution is 2.15. The van der Waals surface area contributed by atoms with E-state index in [4.69, 9.17) is 0 Å². The second-order valence-electron chi connectivity index (χ2n) is 4.93. The number of pyridine rings is 1. The molecule has 0 saturated heterocycles. The predicted molar refractivity (Wildman–Crippen MR) is 91.6 cm³/mol. The fraction of sp³-hybridized carbons (Fsp3) is 0.118. The van der Waals surface area contributed by atoms with Crippen LogP contribution in [-0.2, 0) is 18.4 Å². The van der Waals surface area contributed by atoms with Gasteiger partial charge in [0.2, 0.25) is 5.91 Å². The first-order valence-corrected chi connectivity index (χ1v) is 8.04. The molecule has 0 aliphatic rings. The fourth-order valence-electron chi connectivity index (χ4n) is 2.09. The Morgan fingerprint density at radius 1 is 1.30 bits per heavy atom. The molecule has 3 aromatic rings. The first kappa shape index (κ1) is 15.2. The van der Waals surface area contributed by atoms with Gasteiger partial charge < -0.3 is 5.32 Å². The molecule has 23 heavy (non-hydrogen) atoms. The number of amides is 1. The minimum absolute atomic E-state index is 0.126. The Morgan fingerprint density at radius 3 is 2.96 bits per heavy atom. The molecule has 0 bridgehead atoms. The Bertz CT molecular complexity index is 807. The molecule has 0 saturated carbocycles. The normalized spacial score (nSPS) is 11.0. The molecule has 3 aromatic heterocycles. The predicted octanol–water partition coefficient (Wildman–Crippen LogP) is 2.87. The van der Waals surface area contributed by atoms with Crippen molar-refractivity contribution < 1.29 is 4.79 Å². The lowest BCUT2D eigenvalue weighted by Crippen LogP contribution is -2.21. The second kappa shape index (κ2) is 7.02. The van der Waals surface area contributed by atoms with E-state index < -0.39 is 0 Å². The van der Waals surface area contributed by atoms with Crippen molar-refractivity contribution in [3.05, 3.63) is 64.6 Å². The van der Waals surface area contributed by atoms with Crippen LogP contribution < -0.4 is 5.32 Å². The van der Waals surface area contributed by atoms with Crippen LogP contribution in [0.2, 0.25) is 0 Å². The molecule has 6 heteroatoms. The zero-order valence-electron chi connectivity index (χ0n) is 12.6. The fourth-order valence-corrected chi connectivity index (χ4v) is 2.71. The van der Waals surface area contributed by atoms with Crippen molar-refractivity contribution in [3.8, 4) is 11.4 Å². The van der Waals surface area contributed by atoms with Gasteiger partial charge in [-0.3, -0.25) is 14.5 Å². The smallest absolute Gasteiger partial charge is 0.244 e. The van der Waals surface area contributed by atoms with E-state index >= 15 is 0 Å². The number of rotatable bonds is 5. The maximum atomic E-state index is 11.9. The van der Waals surface area contributed by atoms with Gasteiger partial charge in [-0.05, 0) is 35.7 Å². The molecule has 0 fully saturated rings. The van der Waals surface area contributed by atoms with Crippen molar-refractivity contribution in [2.45, 2.75) is 6.54 Å². The molecule has 0 unspecified atom stereocenters. The highest BCUT2D eigenvalue weighted by molar-refractivity contribution is 7.10. The lowest BCUT2D eigenvalue weighted by atomic mass is 10.2. The quantitative estimate of drug-likeness (QED) is 0.734. The zero-order valence-corrected chi connectivity index (χ0v) is 13.5. The number of hydrogen-bond donors (Lipinski definition) is 1. The van der Waals surface area contributed by atoms with E-state index in [9.17, 15) is 4.79 Å². The molecular formula is C17H16N4OS. The molecule has 0 aliphatic heterocycles. The lowest BCUT2D eigenvalue weighted by Gasteiger charge is -2.02. The number of thiophene rings is 1. The summed E-state index contributed by atoms with van der Waals surface area (Å²) in [6, 6.07) is 11.6. The van der Waals surface area contributed by atoms with E-state index in [0.29, 0.717) is 6.54 Å². The Kier molecular flexibility index (Phi) is 4.63. The molecule has 0 aliphatic carbocycles. The average Bonchev–Trinajstić information content (AvgIpc) is 3.21. The summed E-state index contributed by atoms with van der Waals surface area (Å²) >= 11 is 1.59. The van der Waals surface area contributed by atoms with Gasteiger partial charge >= 0.3 is 0 Å². The first-order chi connectivity index (χ1) is 11.2. The molecule has 1 N–H and O–H groups in total. The summed E-state index contributed by atoms with van der Waals surface area (Å²) in [5, 5.41) is 9.28. The maximum absolute atomic E-state index is 11.9. The average molecular weight is 324 g/mol. The van der Waals surface area contributed by atoms with Gasteiger partial charge in [-0.1, -0.05) is 12.1 Å². The maximum Gasteiger partial charge on any atom is 0.244 e. The number of aromatic nitrogens is 3. The van der Waals surface area contributed by atoms with Crippen molar-refractivity contribution in [1.82, 2.24) is 20.1 Å². The van der Waals surface area contributed by atoms with Crippen LogP contribution in [-0.4, -0.2) is 20.7 Å². The van der Waals surface area contributed by atoms with Gasteiger partial charge in [0, 0.05) is 24.2 Å². The number of nitrogens with one attached hydrogen (secondary N) is 1. The number of nitrogens with zero attached hydrogens (tertiary/aromatic N) is 3. The van der Waals surface area contributed by atoms with Gasteiger partial charge in [0.05, 0.1) is 17.9 Å². The van der Waals surface area contributed by atoms with E-state index in [1.807, 2.05) is 54.9 Å². The van der Waals surface area contributed by atoms with Crippen LogP contribution in [0.25, 0.3) is 17.5 Å². The molecule has 0 aromatic carbocycles. The summed E-state index contributed by atoms with van der Waals surface area (Å²) in [6.07, 6.45) is 5.09. The van der Waals surface area contributed by atoms with E-state index in [1.165, 1.54) is 0 Å². The van der Waals surface area contributed by atoms with Crippen molar-refractivity contribution in [2.24, 2.45) is 7.05 Å². The van der Waals surface area contributed by atoms with E-state index in [0.717, 1.165) is 22.0 Å². The topological polar surface area (TPSA) is 59.8 Å². The zero-order chi connectivity index (χ0) is 16.1. The molecule has 0 atom stereocenters. The minimum Gasteiger partial charge on any atom is -0.347 e. The molecule has 0 spiro atoms. The van der Waals surface area contributed by atoms with Crippen molar-refractivity contribution in [2.75, 3.05) is 0 Å². The van der Waals surface area contributed by atoms with Crippen LogP contribution in [0.15, 0.2) is 54.1 Å². The summed E-state index contributed by atoms with van der Waals surface area (Å²) in [5.41, 5.74) is 2.54. The lowest BCUT2D eigenvalue weighted by molar-refractivity contribution is -0.116. The van der Waals surface area contributed by atoms with Crippen LogP contribution in [0.3, 0.4) is 0 Å². The van der Waals surface area contributed by atoms with Gasteiger partial charge in [0.25, 0.3) is 0 Å². The third kappa shape index (κ3) is 3.92. The second-order valence-corrected chi connectivity index (χ2v) is 5.91. The third-order valence-electron chi connectivity index (χ3n) is 3.29. The van der Waals surface area contributed by atoms with Crippen molar-refractivity contribution >= 4 is 23.3 Å². The molecule has 0 radical (unpaired) electrons. The summed E-state index contributed by atoms with van der Waals surface area (Å²) in [7, 11) is 1.86. The Morgan fingerprint density at radius 2 is 2.22 bits per heavy atom. The van der Waals surface area contributed by atoms with Crippen LogP contribution in [0.4, 0.5) is 0 Å². The number of hydrogen-bond acceptors (Lipinski definition) is 4. The summed E-state index contributed by atoms with van der Waals surface area (Å²) in [4.78, 5) is 17.2. The molecule has 116 valence electrons. The monoisotopic (exact) mass is 324 g/mol. The molecule has 3 heterocycles. The SMILES string of the molecule is Cn1nc(-c2ccccn2)cc1CNC(=O)C=Cc1cccs1. The van der Waals surface area contributed by atoms with E-state index in [2.05, 4.69) is 15.4 Å². The van der Waals surface area contributed by atoms with E-state index in [1.54, 1.807) is 28.3 Å². The largest absolute Gasteiger partial charge is 0.347 e. The number of carbonyl (C=O) groups is 1. The highest BCUT2D eigenvalue weighted by Gasteiger charge is 2.08. The van der Waals surface area contributed by atoms with Gasteiger partial charge in [-0.25, -0.2) is 0 Å². The number of aryl methyl sites for hydroxylation is 1. The Labute approximate surface area is 138 Å². The van der Waals surface area contributed by atoms with Crippen molar-refractivity contribution in [3.63, 3.8) is 0 Å². The Balaban J connectivity index is 1.62. The van der Waals surface area contributed by atoms with Crippen LogP contribution in [0.1, 0.15) is 10.6 Å². The highest BCUT2D eigenvalue weighted by atomic mass is 32.1. The molecular weight excluding hydrogens is 308 g/mol. The van der Waals surface area contributed by atoms with Crippen LogP contribution in [0, 0.1) is 0 Å². The van der Waals surface area contributed by atoms with Crippen LogP contribution in [0.5, 0.6) is 0 Å². The standard InChI is InChI=1S/C17H16N4OS/c1-21-13(11-16(20-21)15-6-2-3-9-18-15)12-19-17(22)8-7-14-5-4-10-23-14/h2-11H,12H2,1H3,(H,19,22). The summed E-state index contributed by atoms with van der Waals surface area (Å²) in [5.74, 6) is -0.126. The molecule has 3 rings (SSSR count). The van der Waals surface area contributed by atoms with Crippen LogP contribution >= 0.6 is 11.3 Å². The molecule has 1 amide bonds.